The molecular formula is C22H24N2O3S2. The first-order valence-corrected chi connectivity index (χ1v) is 11.6. The number of hydrogen-bond donors (Lipinski definition) is 1. The molecule has 3 rings (SSSR count). The summed E-state index contributed by atoms with van der Waals surface area (Å²) in [7, 11) is -2.37. The molecule has 0 saturated carbocycles. The van der Waals surface area contributed by atoms with Gasteiger partial charge in [0.15, 0.2) is 0 Å². The molecule has 0 aliphatic heterocycles. The van der Waals surface area contributed by atoms with E-state index in [1.807, 2.05) is 37.3 Å². The van der Waals surface area contributed by atoms with Crippen LogP contribution in [0.15, 0.2) is 64.9 Å². The van der Waals surface area contributed by atoms with E-state index in [-0.39, 0.29) is 9.77 Å². The molecule has 2 aromatic carbocycles. The van der Waals surface area contributed by atoms with Gasteiger partial charge in [-0.25, -0.2) is 8.42 Å². The maximum absolute atomic E-state index is 13.2. The van der Waals surface area contributed by atoms with Crippen molar-refractivity contribution in [3.05, 3.63) is 76.0 Å². The number of aryl methyl sites for hydroxylation is 1. The van der Waals surface area contributed by atoms with Gasteiger partial charge < -0.3 is 5.32 Å². The second kappa shape index (κ2) is 8.39. The summed E-state index contributed by atoms with van der Waals surface area (Å²) < 4.78 is 27.5. The Morgan fingerprint density at radius 3 is 2.38 bits per heavy atom. The molecule has 0 fully saturated rings. The molecule has 5 nitrogen and oxygen atoms in total. The van der Waals surface area contributed by atoms with Crippen molar-refractivity contribution in [2.24, 2.45) is 0 Å². The van der Waals surface area contributed by atoms with E-state index < -0.39 is 15.9 Å². The highest BCUT2D eigenvalue weighted by atomic mass is 32.2. The molecule has 0 atom stereocenters. The van der Waals surface area contributed by atoms with Gasteiger partial charge in [0.25, 0.3) is 15.9 Å². The van der Waals surface area contributed by atoms with Gasteiger partial charge in [-0.1, -0.05) is 38.1 Å². The summed E-state index contributed by atoms with van der Waals surface area (Å²) in [6.45, 7) is 6.10. The van der Waals surface area contributed by atoms with Crippen LogP contribution in [0, 0.1) is 6.92 Å². The van der Waals surface area contributed by atoms with Gasteiger partial charge >= 0.3 is 0 Å². The molecular weight excluding hydrogens is 404 g/mol. The predicted molar refractivity (Wildman–Crippen MR) is 120 cm³/mol. The van der Waals surface area contributed by atoms with Crippen LogP contribution < -0.4 is 9.62 Å². The lowest BCUT2D eigenvalue weighted by atomic mass is 10.0. The van der Waals surface area contributed by atoms with Gasteiger partial charge in [-0.3, -0.25) is 9.10 Å². The van der Waals surface area contributed by atoms with Crippen LogP contribution in [0.2, 0.25) is 0 Å². The minimum absolute atomic E-state index is 0.00260. The zero-order valence-corrected chi connectivity index (χ0v) is 18.5. The molecule has 7 heteroatoms. The number of thiophene rings is 1. The standard InChI is InChI=1S/C22H24N2O3S2/c1-15(2)17-8-10-18(11-9-17)23-22(25)21-20(12-13-28-21)29(26,27)24(4)19-7-5-6-16(3)14-19/h5-15H,1-4H3,(H,23,25). The van der Waals surface area contributed by atoms with E-state index in [2.05, 4.69) is 19.2 Å². The Morgan fingerprint density at radius 1 is 1.07 bits per heavy atom. The fraction of sp³-hybridized carbons (Fsp3) is 0.227. The van der Waals surface area contributed by atoms with Crippen molar-refractivity contribution in [1.29, 1.82) is 0 Å². The highest BCUT2D eigenvalue weighted by molar-refractivity contribution is 7.93. The molecule has 0 radical (unpaired) electrons. The molecule has 1 N–H and O–H groups in total. The molecule has 0 unspecified atom stereocenters. The number of carbonyl (C=O) groups is 1. The zero-order valence-electron chi connectivity index (χ0n) is 16.8. The minimum atomic E-state index is -3.87. The van der Waals surface area contributed by atoms with Crippen molar-refractivity contribution in [1.82, 2.24) is 0 Å². The van der Waals surface area contributed by atoms with Crippen molar-refractivity contribution in [2.75, 3.05) is 16.7 Å². The number of nitrogens with zero attached hydrogens (tertiary/aromatic N) is 1. The van der Waals surface area contributed by atoms with E-state index in [9.17, 15) is 13.2 Å². The summed E-state index contributed by atoms with van der Waals surface area (Å²) in [6, 6.07) is 16.3. The van der Waals surface area contributed by atoms with E-state index in [1.165, 1.54) is 23.0 Å². The maximum atomic E-state index is 13.2. The molecule has 0 aliphatic carbocycles. The van der Waals surface area contributed by atoms with E-state index >= 15 is 0 Å². The van der Waals surface area contributed by atoms with Gasteiger partial charge in [-0.05, 0) is 59.7 Å². The van der Waals surface area contributed by atoms with Crippen molar-refractivity contribution in [3.63, 3.8) is 0 Å². The number of sulfonamides is 1. The zero-order chi connectivity index (χ0) is 21.2. The molecule has 29 heavy (non-hydrogen) atoms. The number of rotatable bonds is 6. The van der Waals surface area contributed by atoms with Gasteiger partial charge in [0.05, 0.1) is 5.69 Å². The molecule has 1 aromatic heterocycles. The third kappa shape index (κ3) is 4.52. The summed E-state index contributed by atoms with van der Waals surface area (Å²) >= 11 is 1.11. The lowest BCUT2D eigenvalue weighted by Crippen LogP contribution is -2.28. The second-order valence-corrected chi connectivity index (χ2v) is 10.0. The number of benzene rings is 2. The topological polar surface area (TPSA) is 66.5 Å². The third-order valence-electron chi connectivity index (χ3n) is 4.67. The van der Waals surface area contributed by atoms with Gasteiger partial charge in [0.2, 0.25) is 0 Å². The first kappa shape index (κ1) is 21.1. The van der Waals surface area contributed by atoms with Crippen LogP contribution >= 0.6 is 11.3 Å². The van der Waals surface area contributed by atoms with E-state index in [4.69, 9.17) is 0 Å². The van der Waals surface area contributed by atoms with Crippen molar-refractivity contribution in [2.45, 2.75) is 31.6 Å². The summed E-state index contributed by atoms with van der Waals surface area (Å²) in [5, 5.41) is 4.42. The van der Waals surface area contributed by atoms with Crippen molar-refractivity contribution >= 4 is 38.6 Å². The van der Waals surface area contributed by atoms with Crippen LogP contribution in [0.1, 0.15) is 40.6 Å². The summed E-state index contributed by atoms with van der Waals surface area (Å²) in [5.74, 6) is -0.0422. The van der Waals surface area contributed by atoms with Gasteiger partial charge in [0.1, 0.15) is 9.77 Å². The molecule has 0 bridgehead atoms. The number of carbonyl (C=O) groups excluding carboxylic acids is 1. The average molecular weight is 429 g/mol. The second-order valence-electron chi connectivity index (χ2n) is 7.16. The Morgan fingerprint density at radius 2 is 1.76 bits per heavy atom. The number of amides is 1. The summed E-state index contributed by atoms with van der Waals surface area (Å²) in [6.07, 6.45) is 0. The van der Waals surface area contributed by atoms with Crippen LogP contribution in [0.25, 0.3) is 0 Å². The lowest BCUT2D eigenvalue weighted by molar-refractivity contribution is 0.102. The third-order valence-corrected chi connectivity index (χ3v) is 7.54. The van der Waals surface area contributed by atoms with Crippen LogP contribution in [0.5, 0.6) is 0 Å². The SMILES string of the molecule is Cc1cccc(N(C)S(=O)(=O)c2ccsc2C(=O)Nc2ccc(C(C)C)cc2)c1. The summed E-state index contributed by atoms with van der Waals surface area (Å²) in [5.41, 5.74) is 3.30. The largest absolute Gasteiger partial charge is 0.321 e. The Bertz CT molecular complexity index is 1120. The number of nitrogens with one attached hydrogen (secondary N) is 1. The number of anilines is 2. The van der Waals surface area contributed by atoms with Gasteiger partial charge in [0, 0.05) is 12.7 Å². The summed E-state index contributed by atoms with van der Waals surface area (Å²) in [4.78, 5) is 13.0. The fourth-order valence-corrected chi connectivity index (χ4v) is 5.40. The Kier molecular flexibility index (Phi) is 6.10. The lowest BCUT2D eigenvalue weighted by Gasteiger charge is -2.20. The Labute approximate surface area is 176 Å². The quantitative estimate of drug-likeness (QED) is 0.582. The van der Waals surface area contributed by atoms with Crippen molar-refractivity contribution in [3.8, 4) is 0 Å². The van der Waals surface area contributed by atoms with Gasteiger partial charge in [-0.2, -0.15) is 0 Å². The van der Waals surface area contributed by atoms with E-state index in [0.29, 0.717) is 17.3 Å². The van der Waals surface area contributed by atoms with Crippen LogP contribution in [0.3, 0.4) is 0 Å². The van der Waals surface area contributed by atoms with Crippen LogP contribution in [0.4, 0.5) is 11.4 Å². The van der Waals surface area contributed by atoms with Crippen LogP contribution in [-0.2, 0) is 10.0 Å². The minimum Gasteiger partial charge on any atom is -0.321 e. The molecule has 152 valence electrons. The monoisotopic (exact) mass is 428 g/mol. The first-order chi connectivity index (χ1) is 13.7. The first-order valence-electron chi connectivity index (χ1n) is 9.24. The molecule has 0 saturated heterocycles. The average Bonchev–Trinajstić information content (AvgIpc) is 3.18. The Balaban J connectivity index is 1.86. The predicted octanol–water partition coefficient (Wildman–Crippen LogP) is 5.26. The van der Waals surface area contributed by atoms with Crippen molar-refractivity contribution < 1.29 is 13.2 Å². The smallest absolute Gasteiger partial charge is 0.267 e. The van der Waals surface area contributed by atoms with E-state index in [1.54, 1.807) is 23.6 Å². The van der Waals surface area contributed by atoms with Crippen LogP contribution in [-0.4, -0.2) is 21.4 Å². The van der Waals surface area contributed by atoms with E-state index in [0.717, 1.165) is 16.9 Å². The number of hydrogen-bond acceptors (Lipinski definition) is 4. The molecule has 3 aromatic rings. The maximum Gasteiger partial charge on any atom is 0.267 e. The molecule has 1 amide bonds. The highest BCUT2D eigenvalue weighted by Gasteiger charge is 2.28. The van der Waals surface area contributed by atoms with Gasteiger partial charge in [-0.15, -0.1) is 11.3 Å². The highest BCUT2D eigenvalue weighted by Crippen LogP contribution is 2.29. The normalized spacial score (nSPS) is 11.5. The fourth-order valence-electron chi connectivity index (χ4n) is 2.92. The Hall–Kier alpha value is -2.64. The molecule has 0 spiro atoms. The molecule has 1 heterocycles. The molecule has 0 aliphatic rings.